The van der Waals surface area contributed by atoms with Crippen LogP contribution in [0, 0.1) is 6.92 Å². The Hall–Kier alpha value is -3.16. The summed E-state index contributed by atoms with van der Waals surface area (Å²) >= 11 is 7.53. The average molecular weight is 483 g/mol. The molecule has 8 heteroatoms. The first-order valence-electron chi connectivity index (χ1n) is 10.2. The quantitative estimate of drug-likeness (QED) is 0.250. The third-order valence-corrected chi connectivity index (χ3v) is 6.43. The molecule has 0 aliphatic heterocycles. The first kappa shape index (κ1) is 23.0. The summed E-state index contributed by atoms with van der Waals surface area (Å²) in [4.78, 5) is 18.3. The maximum Gasteiger partial charge on any atom is 0.266 e. The number of aryl methyl sites for hydroxylation is 1. The standard InChI is InChI=1S/C25H23ClN2O4S/c1-15-5-10-20-19(11-15)24(29)28(18-8-6-17(26)7-9-18)25(27-20)33-14-16-12-21(30-2)23(32-4)22(13-16)31-3/h5-13H,14H2,1-4H3. The highest BCUT2D eigenvalue weighted by molar-refractivity contribution is 7.98. The lowest BCUT2D eigenvalue weighted by atomic mass is 10.1. The molecule has 0 fully saturated rings. The molecule has 0 saturated heterocycles. The number of hydrogen-bond acceptors (Lipinski definition) is 6. The molecule has 0 saturated carbocycles. The predicted octanol–water partition coefficient (Wildman–Crippen LogP) is 5.67. The Balaban J connectivity index is 1.80. The fourth-order valence-corrected chi connectivity index (χ4v) is 4.63. The summed E-state index contributed by atoms with van der Waals surface area (Å²) < 4.78 is 18.0. The lowest BCUT2D eigenvalue weighted by molar-refractivity contribution is 0.324. The Kier molecular flexibility index (Phi) is 6.81. The van der Waals surface area contributed by atoms with E-state index in [1.807, 2.05) is 49.4 Å². The van der Waals surface area contributed by atoms with E-state index in [4.69, 9.17) is 30.8 Å². The minimum absolute atomic E-state index is 0.126. The predicted molar refractivity (Wildman–Crippen MR) is 133 cm³/mol. The van der Waals surface area contributed by atoms with Gasteiger partial charge in [-0.15, -0.1) is 0 Å². The van der Waals surface area contributed by atoms with Gasteiger partial charge in [0.25, 0.3) is 5.56 Å². The normalized spacial score (nSPS) is 10.9. The summed E-state index contributed by atoms with van der Waals surface area (Å²) in [6, 6.07) is 16.6. The van der Waals surface area contributed by atoms with Crippen molar-refractivity contribution in [3.05, 3.63) is 81.1 Å². The topological polar surface area (TPSA) is 62.6 Å². The molecule has 0 aliphatic rings. The Morgan fingerprint density at radius 2 is 1.61 bits per heavy atom. The van der Waals surface area contributed by atoms with E-state index in [0.29, 0.717) is 49.8 Å². The van der Waals surface area contributed by atoms with Crippen molar-refractivity contribution >= 4 is 34.3 Å². The Morgan fingerprint density at radius 1 is 0.939 bits per heavy atom. The van der Waals surface area contributed by atoms with E-state index in [0.717, 1.165) is 11.1 Å². The molecule has 0 bridgehead atoms. The van der Waals surface area contributed by atoms with Gasteiger partial charge in [0.2, 0.25) is 5.75 Å². The summed E-state index contributed by atoms with van der Waals surface area (Å²) in [5.74, 6) is 2.22. The second-order valence-corrected chi connectivity index (χ2v) is 8.73. The third kappa shape index (κ3) is 4.65. The molecule has 0 aliphatic carbocycles. The molecule has 1 aromatic heterocycles. The summed E-state index contributed by atoms with van der Waals surface area (Å²) in [5, 5.41) is 1.75. The van der Waals surface area contributed by atoms with E-state index in [-0.39, 0.29) is 5.56 Å². The average Bonchev–Trinajstić information content (AvgIpc) is 2.83. The number of halogens is 1. The van der Waals surface area contributed by atoms with E-state index in [9.17, 15) is 4.79 Å². The molecule has 0 unspecified atom stereocenters. The SMILES string of the molecule is COc1cc(CSc2nc3ccc(C)cc3c(=O)n2-c2ccc(Cl)cc2)cc(OC)c1OC. The van der Waals surface area contributed by atoms with Crippen molar-refractivity contribution in [3.8, 4) is 22.9 Å². The molecular formula is C25H23ClN2O4S. The molecule has 0 amide bonds. The number of ether oxygens (including phenoxy) is 3. The summed E-state index contributed by atoms with van der Waals surface area (Å²) in [6.45, 7) is 1.96. The van der Waals surface area contributed by atoms with Gasteiger partial charge in [-0.1, -0.05) is 35.0 Å². The Bertz CT molecular complexity index is 1340. The lowest BCUT2D eigenvalue weighted by Crippen LogP contribution is -2.21. The molecule has 0 spiro atoms. The minimum Gasteiger partial charge on any atom is -0.493 e. The summed E-state index contributed by atoms with van der Waals surface area (Å²) in [5.41, 5.74) is 3.17. The summed E-state index contributed by atoms with van der Waals surface area (Å²) in [7, 11) is 4.74. The zero-order chi connectivity index (χ0) is 23.5. The highest BCUT2D eigenvalue weighted by atomic mass is 35.5. The molecule has 170 valence electrons. The highest BCUT2D eigenvalue weighted by Gasteiger charge is 2.17. The lowest BCUT2D eigenvalue weighted by Gasteiger charge is -2.16. The Morgan fingerprint density at radius 3 is 2.21 bits per heavy atom. The van der Waals surface area contributed by atoms with Crippen molar-refractivity contribution in [3.63, 3.8) is 0 Å². The van der Waals surface area contributed by atoms with Crippen molar-refractivity contribution in [2.45, 2.75) is 17.8 Å². The van der Waals surface area contributed by atoms with Gasteiger partial charge < -0.3 is 14.2 Å². The van der Waals surface area contributed by atoms with Crippen molar-refractivity contribution in [2.24, 2.45) is 0 Å². The van der Waals surface area contributed by atoms with Gasteiger partial charge in [-0.05, 0) is 61.0 Å². The second kappa shape index (κ2) is 9.77. The van der Waals surface area contributed by atoms with E-state index in [1.54, 1.807) is 38.0 Å². The zero-order valence-electron chi connectivity index (χ0n) is 18.7. The molecule has 4 rings (SSSR count). The van der Waals surface area contributed by atoms with E-state index >= 15 is 0 Å². The first-order chi connectivity index (χ1) is 15.9. The van der Waals surface area contributed by atoms with Crippen LogP contribution in [0.15, 0.2) is 64.5 Å². The van der Waals surface area contributed by atoms with Crippen LogP contribution in [0.3, 0.4) is 0 Å². The van der Waals surface area contributed by atoms with Crippen molar-refractivity contribution in [2.75, 3.05) is 21.3 Å². The van der Waals surface area contributed by atoms with Gasteiger partial charge >= 0.3 is 0 Å². The molecule has 3 aromatic carbocycles. The fourth-order valence-electron chi connectivity index (χ4n) is 3.56. The summed E-state index contributed by atoms with van der Waals surface area (Å²) in [6.07, 6.45) is 0. The Labute approximate surface area is 201 Å². The van der Waals surface area contributed by atoms with Crippen molar-refractivity contribution in [1.82, 2.24) is 9.55 Å². The molecule has 0 N–H and O–H groups in total. The number of aromatic nitrogens is 2. The van der Waals surface area contributed by atoms with Crippen LogP contribution in [0.4, 0.5) is 0 Å². The van der Waals surface area contributed by atoms with Gasteiger partial charge in [-0.2, -0.15) is 0 Å². The maximum atomic E-state index is 13.5. The number of fused-ring (bicyclic) bond motifs is 1. The van der Waals surface area contributed by atoms with Crippen LogP contribution in [0.5, 0.6) is 17.2 Å². The first-order valence-corrected chi connectivity index (χ1v) is 11.5. The van der Waals surface area contributed by atoms with Crippen LogP contribution in [0.1, 0.15) is 11.1 Å². The number of methoxy groups -OCH3 is 3. The third-order valence-electron chi connectivity index (χ3n) is 5.17. The highest BCUT2D eigenvalue weighted by Crippen LogP contribution is 2.39. The van der Waals surface area contributed by atoms with Crippen LogP contribution >= 0.6 is 23.4 Å². The molecule has 0 atom stereocenters. The minimum atomic E-state index is -0.126. The second-order valence-electron chi connectivity index (χ2n) is 7.35. The van der Waals surface area contributed by atoms with Crippen LogP contribution in [-0.2, 0) is 5.75 Å². The molecule has 33 heavy (non-hydrogen) atoms. The zero-order valence-corrected chi connectivity index (χ0v) is 20.3. The largest absolute Gasteiger partial charge is 0.493 e. The van der Waals surface area contributed by atoms with Gasteiger partial charge in [-0.25, -0.2) is 4.98 Å². The van der Waals surface area contributed by atoms with E-state index in [1.165, 1.54) is 11.8 Å². The van der Waals surface area contributed by atoms with Crippen LogP contribution in [-0.4, -0.2) is 30.9 Å². The van der Waals surface area contributed by atoms with Crippen LogP contribution < -0.4 is 19.8 Å². The van der Waals surface area contributed by atoms with Gasteiger partial charge in [0, 0.05) is 10.8 Å². The van der Waals surface area contributed by atoms with Crippen molar-refractivity contribution in [1.29, 1.82) is 0 Å². The maximum absolute atomic E-state index is 13.5. The molecule has 0 radical (unpaired) electrons. The number of nitrogens with zero attached hydrogens (tertiary/aromatic N) is 2. The molecule has 6 nitrogen and oxygen atoms in total. The molecular weight excluding hydrogens is 460 g/mol. The van der Waals surface area contributed by atoms with Gasteiger partial charge in [0.05, 0.1) is 37.9 Å². The van der Waals surface area contributed by atoms with Crippen LogP contribution in [0.2, 0.25) is 5.02 Å². The molecule has 1 heterocycles. The van der Waals surface area contributed by atoms with Gasteiger partial charge in [0.15, 0.2) is 16.7 Å². The molecule has 4 aromatic rings. The number of thioether (sulfide) groups is 1. The number of rotatable bonds is 7. The van der Waals surface area contributed by atoms with Gasteiger partial charge in [0.1, 0.15) is 0 Å². The smallest absolute Gasteiger partial charge is 0.266 e. The van der Waals surface area contributed by atoms with E-state index < -0.39 is 0 Å². The number of benzene rings is 3. The van der Waals surface area contributed by atoms with E-state index in [2.05, 4.69) is 0 Å². The monoisotopic (exact) mass is 482 g/mol. The van der Waals surface area contributed by atoms with Crippen LogP contribution in [0.25, 0.3) is 16.6 Å². The van der Waals surface area contributed by atoms with Crippen molar-refractivity contribution < 1.29 is 14.2 Å². The fraction of sp³-hybridized carbons (Fsp3) is 0.200. The number of hydrogen-bond donors (Lipinski definition) is 0. The van der Waals surface area contributed by atoms with Gasteiger partial charge in [-0.3, -0.25) is 9.36 Å².